The molecule has 2 heteroatoms. The van der Waals surface area contributed by atoms with Crippen LogP contribution < -0.4 is 9.80 Å². The highest BCUT2D eigenvalue weighted by Crippen LogP contribution is 2.70. The first-order valence-electron chi connectivity index (χ1n) is 38.5. The normalized spacial score (nSPS) is 16.8. The molecule has 0 N–H and O–H groups in total. The van der Waals surface area contributed by atoms with Gasteiger partial charge < -0.3 is 9.80 Å². The maximum Gasteiger partial charge on any atom is 0.0543 e. The zero-order valence-electron chi connectivity index (χ0n) is 61.1. The Kier molecular flexibility index (Phi) is 11.7. The van der Waals surface area contributed by atoms with Gasteiger partial charge in [0.1, 0.15) is 0 Å². The highest BCUT2D eigenvalue weighted by atomic mass is 15.2. The minimum Gasteiger partial charge on any atom is -0.309 e. The lowest BCUT2D eigenvalue weighted by molar-refractivity contribution is 0.376. The van der Waals surface area contributed by atoms with Crippen molar-refractivity contribution in [3.63, 3.8) is 0 Å². The first-order valence-corrected chi connectivity index (χ1v) is 38.5. The summed E-state index contributed by atoms with van der Waals surface area (Å²) in [4.78, 5) is 5.36. The van der Waals surface area contributed by atoms with Crippen LogP contribution in [0.5, 0.6) is 0 Å². The van der Waals surface area contributed by atoms with Gasteiger partial charge in [0.05, 0.1) is 22.7 Å². The molecule has 0 amide bonds. The fraction of sp³-hybridized carbons (Fsp3) is 0.0943. The average Bonchev–Trinajstić information content (AvgIpc) is 1.49. The fourth-order valence-corrected chi connectivity index (χ4v) is 22.0. The number of nitrogens with zero attached hydrogens (tertiary/aromatic N) is 2. The molecule has 20 aromatic carbocycles. The Morgan fingerprint density at radius 1 is 0.185 bits per heavy atom. The molecule has 2 nitrogen and oxygen atoms in total. The molecule has 108 heavy (non-hydrogen) atoms. The summed E-state index contributed by atoms with van der Waals surface area (Å²) in [5.74, 6) is 0. The third kappa shape index (κ3) is 7.52. The molecule has 0 saturated heterocycles. The summed E-state index contributed by atoms with van der Waals surface area (Å²) >= 11 is 0. The Bertz CT molecular complexity index is 6960. The van der Waals surface area contributed by atoms with Crippen molar-refractivity contribution in [2.24, 2.45) is 0 Å². The van der Waals surface area contributed by atoms with E-state index in [9.17, 15) is 0 Å². The number of hydrogen-bond donors (Lipinski definition) is 0. The predicted octanol–water partition coefficient (Wildman–Crippen LogP) is 28.9. The number of anilines is 6. The van der Waals surface area contributed by atoms with E-state index in [1.807, 2.05) is 0 Å². The Morgan fingerprint density at radius 2 is 0.500 bits per heavy atom. The molecule has 4 aliphatic rings. The van der Waals surface area contributed by atoms with E-state index in [-0.39, 0.29) is 10.8 Å². The van der Waals surface area contributed by atoms with Crippen LogP contribution in [0.3, 0.4) is 0 Å². The summed E-state index contributed by atoms with van der Waals surface area (Å²) in [5.41, 5.74) is 26.0. The quantitative estimate of drug-likeness (QED) is 0.147. The maximum atomic E-state index is 2.70. The van der Waals surface area contributed by atoms with Crippen LogP contribution in [0.1, 0.15) is 86.1 Å². The first kappa shape index (κ1) is 60.4. The zero-order chi connectivity index (χ0) is 71.6. The molecule has 0 heterocycles. The lowest BCUT2D eigenvalue weighted by Gasteiger charge is -2.46. The van der Waals surface area contributed by atoms with Crippen molar-refractivity contribution in [3.05, 3.63) is 372 Å². The van der Waals surface area contributed by atoms with E-state index in [2.05, 4.69) is 379 Å². The Morgan fingerprint density at radius 3 is 0.926 bits per heavy atom. The summed E-state index contributed by atoms with van der Waals surface area (Å²) in [6.45, 7) is 15.0. The molecule has 20 aromatic rings. The SMILES string of the molecule is CC1(C)c2ccccc2-c2ccc(N(c3cc4c(c5ccccc35)-c3c(ccc5ccccc35)C4(C)C3(C)c4ccc5ccccc5c4-c4c3cc(N(c3ccc5c(c3)C(C)(C)c3ccccc3-5)c3ccc5ccc6cccc7ccc3c5c67)c3ccccc43)c3ccc4ccc5cccc6ccc3c4c56)cc21. The van der Waals surface area contributed by atoms with Crippen LogP contribution in [0.15, 0.2) is 328 Å². The summed E-state index contributed by atoms with van der Waals surface area (Å²) < 4.78 is 0. The molecule has 0 saturated carbocycles. The summed E-state index contributed by atoms with van der Waals surface area (Å²) in [6, 6.07) is 128. The molecule has 0 spiro atoms. The van der Waals surface area contributed by atoms with Gasteiger partial charge in [-0.3, -0.25) is 0 Å². The molecule has 24 rings (SSSR count). The highest BCUT2D eigenvalue weighted by molar-refractivity contribution is 6.29. The van der Waals surface area contributed by atoms with Gasteiger partial charge >= 0.3 is 0 Å². The van der Waals surface area contributed by atoms with Crippen molar-refractivity contribution in [2.75, 3.05) is 9.80 Å². The molecular weight excluding hydrogens is 1300 g/mol. The van der Waals surface area contributed by atoms with E-state index in [1.165, 1.54) is 197 Å². The Labute approximate surface area is 627 Å². The molecule has 0 aromatic heterocycles. The van der Waals surface area contributed by atoms with Crippen molar-refractivity contribution in [2.45, 2.75) is 63.2 Å². The minimum atomic E-state index is -0.764. The molecule has 0 aliphatic heterocycles. The van der Waals surface area contributed by atoms with E-state index >= 15 is 0 Å². The van der Waals surface area contributed by atoms with Crippen LogP contribution in [0, 0.1) is 0 Å². The van der Waals surface area contributed by atoms with Crippen LogP contribution >= 0.6 is 0 Å². The second-order valence-corrected chi connectivity index (χ2v) is 32.7. The largest absolute Gasteiger partial charge is 0.309 e. The lowest BCUT2D eigenvalue weighted by atomic mass is 9.56. The van der Waals surface area contributed by atoms with E-state index in [1.54, 1.807) is 0 Å². The molecule has 0 fully saturated rings. The van der Waals surface area contributed by atoms with Crippen LogP contribution in [0.25, 0.3) is 152 Å². The second-order valence-electron chi connectivity index (χ2n) is 32.7. The maximum absolute atomic E-state index is 2.70. The van der Waals surface area contributed by atoms with Gasteiger partial charge in [-0.15, -0.1) is 0 Å². The molecule has 4 aliphatic carbocycles. The van der Waals surface area contributed by atoms with Gasteiger partial charge in [-0.25, -0.2) is 0 Å². The molecule has 2 unspecified atom stereocenters. The average molecular weight is 1370 g/mol. The van der Waals surface area contributed by atoms with Crippen LogP contribution in [0.4, 0.5) is 34.1 Å². The van der Waals surface area contributed by atoms with Gasteiger partial charge in [-0.05, 0) is 224 Å². The summed E-state index contributed by atoms with van der Waals surface area (Å²) in [5, 5.41) is 25.1. The Hall–Kier alpha value is -12.9. The number of rotatable bonds is 7. The van der Waals surface area contributed by atoms with Crippen LogP contribution in [-0.2, 0) is 21.7 Å². The lowest BCUT2D eigenvalue weighted by Crippen LogP contribution is -2.44. The van der Waals surface area contributed by atoms with E-state index in [0.29, 0.717) is 0 Å². The fourth-order valence-electron chi connectivity index (χ4n) is 22.0. The van der Waals surface area contributed by atoms with Gasteiger partial charge in [-0.1, -0.05) is 321 Å². The number of benzene rings is 20. The monoisotopic (exact) mass is 1370 g/mol. The van der Waals surface area contributed by atoms with Crippen molar-refractivity contribution in [1.82, 2.24) is 0 Å². The first-order chi connectivity index (χ1) is 52.9. The zero-order valence-corrected chi connectivity index (χ0v) is 61.1. The van der Waals surface area contributed by atoms with Crippen molar-refractivity contribution in [3.8, 4) is 44.5 Å². The van der Waals surface area contributed by atoms with Crippen molar-refractivity contribution >= 4 is 142 Å². The summed E-state index contributed by atoms with van der Waals surface area (Å²) in [7, 11) is 0. The van der Waals surface area contributed by atoms with Crippen molar-refractivity contribution < 1.29 is 0 Å². The second kappa shape index (κ2) is 21.0. The minimum absolute atomic E-state index is 0.249. The van der Waals surface area contributed by atoms with Gasteiger partial charge in [0, 0.05) is 54.6 Å². The molecule has 0 radical (unpaired) electrons. The van der Waals surface area contributed by atoms with Crippen LogP contribution in [0.2, 0.25) is 0 Å². The number of hydrogen-bond acceptors (Lipinski definition) is 2. The van der Waals surface area contributed by atoms with Gasteiger partial charge in [0.2, 0.25) is 0 Å². The van der Waals surface area contributed by atoms with Crippen molar-refractivity contribution in [1.29, 1.82) is 0 Å². The molecular formula is C106H72N2. The molecule has 506 valence electrons. The third-order valence-corrected chi connectivity index (χ3v) is 27.2. The topological polar surface area (TPSA) is 6.48 Å². The van der Waals surface area contributed by atoms with Crippen LogP contribution in [-0.4, -0.2) is 0 Å². The number of fused-ring (bicyclic) bond motifs is 20. The third-order valence-electron chi connectivity index (χ3n) is 27.2. The molecule has 0 bridgehead atoms. The van der Waals surface area contributed by atoms with Gasteiger partial charge in [-0.2, -0.15) is 0 Å². The van der Waals surface area contributed by atoms with E-state index < -0.39 is 10.8 Å². The van der Waals surface area contributed by atoms with Gasteiger partial charge in [0.25, 0.3) is 0 Å². The Balaban J connectivity index is 0.832. The summed E-state index contributed by atoms with van der Waals surface area (Å²) in [6.07, 6.45) is 0. The standard InChI is InChI=1S/C106H72N2/c1-103(2)83-35-17-15-29-73(83)75-51-47-69(57-87(75)103)107(91-55-45-67-39-37-63-23-19-25-65-41-49-81(91)97(67)95(63)65)93-59-89-101(79-33-13-11-31-77(79)93)99-71-27-9-7-21-61(71)43-53-85(99)105(89,5)106(6)86-54-44-62-22-8-10-28-72(62)100(86)102-80-34-14-12-32-78(80)94(60-90(102)106)108(70-48-52-76-74-30-16-18-36-84(74)104(3,4)88(76)58-70)92-56-46-68-40-38-64-24-20-26-66-42-50-82(92)98(68)96(64)66/h7-60H,1-6H3. The van der Waals surface area contributed by atoms with E-state index in [0.717, 1.165) is 34.1 Å². The van der Waals surface area contributed by atoms with Gasteiger partial charge in [0.15, 0.2) is 0 Å². The molecule has 2 atom stereocenters. The smallest absolute Gasteiger partial charge is 0.0543 e. The highest BCUT2D eigenvalue weighted by Gasteiger charge is 2.59. The predicted molar refractivity (Wildman–Crippen MR) is 459 cm³/mol. The van der Waals surface area contributed by atoms with E-state index in [4.69, 9.17) is 0 Å².